The molecule has 0 unspecified atom stereocenters. The summed E-state index contributed by atoms with van der Waals surface area (Å²) in [5.74, 6) is -2.73. The molecule has 0 bridgehead atoms. The van der Waals surface area contributed by atoms with Crippen molar-refractivity contribution in [2.24, 2.45) is 0 Å². The topological polar surface area (TPSA) is 78.5 Å². The lowest BCUT2D eigenvalue weighted by Gasteiger charge is -2.29. The van der Waals surface area contributed by atoms with E-state index in [9.17, 15) is 27.6 Å². The molecule has 6 nitrogen and oxygen atoms in total. The number of amides is 4. The van der Waals surface area contributed by atoms with E-state index < -0.39 is 29.7 Å². The monoisotopic (exact) mass is 377 g/mol. The van der Waals surface area contributed by atoms with Gasteiger partial charge in [0.15, 0.2) is 0 Å². The third-order valence-corrected chi connectivity index (χ3v) is 4.05. The number of hydrogen-bond donors (Lipinski definition) is 2. The van der Waals surface area contributed by atoms with Gasteiger partial charge < -0.3 is 5.32 Å². The Balaban J connectivity index is 1.92. The van der Waals surface area contributed by atoms with E-state index in [4.69, 9.17) is 0 Å². The molecular weight excluding hydrogens is 363 g/mol. The first kappa shape index (κ1) is 18.4. The number of rotatable bonds is 4. The first-order valence-electron chi connectivity index (χ1n) is 7.87. The van der Waals surface area contributed by atoms with Crippen LogP contribution in [0.2, 0.25) is 0 Å². The van der Waals surface area contributed by atoms with Gasteiger partial charge in [-0.3, -0.25) is 19.8 Å². The van der Waals surface area contributed by atoms with Crippen molar-refractivity contribution in [3.8, 4) is 0 Å². The second kappa shape index (κ2) is 6.75. The van der Waals surface area contributed by atoms with Crippen molar-refractivity contribution < 1.29 is 27.6 Å². The highest BCUT2D eigenvalue weighted by Gasteiger charge is 2.68. The van der Waals surface area contributed by atoms with Crippen molar-refractivity contribution in [2.75, 3.05) is 0 Å². The molecular formula is C18H14F3N3O3. The predicted molar refractivity (Wildman–Crippen MR) is 88.2 cm³/mol. The van der Waals surface area contributed by atoms with Crippen molar-refractivity contribution in [3.05, 3.63) is 71.8 Å². The zero-order valence-electron chi connectivity index (χ0n) is 13.8. The van der Waals surface area contributed by atoms with Crippen molar-refractivity contribution in [1.29, 1.82) is 0 Å². The van der Waals surface area contributed by atoms with E-state index in [0.29, 0.717) is 10.5 Å². The standard InChI is InChI=1S/C18H14F3N3O3/c19-18(20,21)17(22-14(25)13-9-5-2-6-10-13)15(26)24(16(27)23-17)11-12-7-3-1-4-8-12/h1-10H,11H2,(H,22,25)(H,23,27)/t17-/m1/s1. The molecule has 1 saturated heterocycles. The van der Waals surface area contributed by atoms with E-state index in [-0.39, 0.29) is 12.1 Å². The maximum Gasteiger partial charge on any atom is 0.440 e. The molecule has 2 aromatic rings. The highest BCUT2D eigenvalue weighted by Crippen LogP contribution is 2.34. The van der Waals surface area contributed by atoms with Crippen LogP contribution in [0.25, 0.3) is 0 Å². The van der Waals surface area contributed by atoms with Crippen LogP contribution in [0.3, 0.4) is 0 Å². The van der Waals surface area contributed by atoms with E-state index in [0.717, 1.165) is 0 Å². The second-order valence-corrected chi connectivity index (χ2v) is 5.87. The number of halogens is 3. The molecule has 27 heavy (non-hydrogen) atoms. The average molecular weight is 377 g/mol. The molecule has 0 saturated carbocycles. The number of carbonyl (C=O) groups excluding carboxylic acids is 3. The molecule has 1 heterocycles. The minimum Gasteiger partial charge on any atom is -0.314 e. The summed E-state index contributed by atoms with van der Waals surface area (Å²) in [7, 11) is 0. The van der Waals surface area contributed by atoms with E-state index >= 15 is 0 Å². The normalized spacial score (nSPS) is 19.7. The molecule has 4 amide bonds. The maximum absolute atomic E-state index is 13.8. The SMILES string of the molecule is O=C(N[C@@]1(C(F)(F)F)NC(=O)N(Cc2ccccc2)C1=O)c1ccccc1. The van der Waals surface area contributed by atoms with Gasteiger partial charge in [0.05, 0.1) is 6.54 Å². The van der Waals surface area contributed by atoms with Crippen molar-refractivity contribution in [3.63, 3.8) is 0 Å². The van der Waals surface area contributed by atoms with Crippen molar-refractivity contribution >= 4 is 17.8 Å². The zero-order valence-corrected chi connectivity index (χ0v) is 13.8. The molecule has 9 heteroatoms. The van der Waals surface area contributed by atoms with Gasteiger partial charge in [0, 0.05) is 5.56 Å². The summed E-state index contributed by atoms with van der Waals surface area (Å²) < 4.78 is 41.3. The Kier molecular flexibility index (Phi) is 4.61. The van der Waals surface area contributed by atoms with Crippen LogP contribution in [0, 0.1) is 0 Å². The summed E-state index contributed by atoms with van der Waals surface area (Å²) in [4.78, 5) is 37.3. The summed E-state index contributed by atoms with van der Waals surface area (Å²) in [6.07, 6.45) is -5.24. The van der Waals surface area contributed by atoms with E-state index in [2.05, 4.69) is 0 Å². The second-order valence-electron chi connectivity index (χ2n) is 5.87. The average Bonchev–Trinajstić information content (AvgIpc) is 2.88. The van der Waals surface area contributed by atoms with E-state index in [1.165, 1.54) is 24.3 Å². The van der Waals surface area contributed by atoms with Crippen LogP contribution in [0.1, 0.15) is 15.9 Å². The molecule has 0 radical (unpaired) electrons. The lowest BCUT2D eigenvalue weighted by atomic mass is 10.1. The molecule has 1 atom stereocenters. The Morgan fingerprint density at radius 3 is 2.11 bits per heavy atom. The van der Waals surface area contributed by atoms with Gasteiger partial charge in [0.2, 0.25) is 0 Å². The van der Waals surface area contributed by atoms with Gasteiger partial charge in [0.25, 0.3) is 17.5 Å². The van der Waals surface area contributed by atoms with Gasteiger partial charge in [0.1, 0.15) is 0 Å². The molecule has 2 aromatic carbocycles. The third-order valence-electron chi connectivity index (χ3n) is 4.05. The Hall–Kier alpha value is -3.36. The predicted octanol–water partition coefficient (Wildman–Crippen LogP) is 2.43. The highest BCUT2D eigenvalue weighted by atomic mass is 19.4. The Bertz CT molecular complexity index is 872. The Morgan fingerprint density at radius 2 is 1.56 bits per heavy atom. The quantitative estimate of drug-likeness (QED) is 0.804. The van der Waals surface area contributed by atoms with Crippen molar-refractivity contribution in [2.45, 2.75) is 18.4 Å². The minimum atomic E-state index is -5.24. The number of nitrogens with zero attached hydrogens (tertiary/aromatic N) is 1. The Labute approximate surface area is 152 Å². The van der Waals surface area contributed by atoms with Gasteiger partial charge in [-0.05, 0) is 17.7 Å². The van der Waals surface area contributed by atoms with Crippen LogP contribution in [-0.2, 0) is 11.3 Å². The highest BCUT2D eigenvalue weighted by molar-refractivity contribution is 6.10. The largest absolute Gasteiger partial charge is 0.440 e. The summed E-state index contributed by atoms with van der Waals surface area (Å²) >= 11 is 0. The maximum atomic E-state index is 13.8. The summed E-state index contributed by atoms with van der Waals surface area (Å²) in [6.45, 7) is -0.357. The fourth-order valence-electron chi connectivity index (χ4n) is 2.67. The molecule has 3 rings (SSSR count). The molecule has 1 aliphatic rings. The van der Waals surface area contributed by atoms with Gasteiger partial charge in [-0.25, -0.2) is 4.79 Å². The fraction of sp³-hybridized carbons (Fsp3) is 0.167. The van der Waals surface area contributed by atoms with Gasteiger partial charge >= 0.3 is 12.2 Å². The first-order chi connectivity index (χ1) is 12.7. The van der Waals surface area contributed by atoms with Crippen molar-refractivity contribution in [1.82, 2.24) is 15.5 Å². The molecule has 0 aliphatic carbocycles. The number of urea groups is 1. The minimum absolute atomic E-state index is 0.0790. The summed E-state index contributed by atoms with van der Waals surface area (Å²) in [5.41, 5.74) is -3.13. The Morgan fingerprint density at radius 1 is 1.00 bits per heavy atom. The number of nitrogens with one attached hydrogen (secondary N) is 2. The summed E-state index contributed by atoms with van der Waals surface area (Å²) in [6, 6.07) is 13.9. The van der Waals surface area contributed by atoms with Crippen LogP contribution in [-0.4, -0.2) is 34.6 Å². The molecule has 140 valence electrons. The number of carbonyl (C=O) groups is 3. The molecule has 0 aromatic heterocycles. The van der Waals surface area contributed by atoms with Crippen LogP contribution < -0.4 is 10.6 Å². The lowest BCUT2D eigenvalue weighted by molar-refractivity contribution is -0.200. The zero-order chi connectivity index (χ0) is 19.7. The van der Waals surface area contributed by atoms with E-state index in [1.807, 2.05) is 0 Å². The molecule has 0 spiro atoms. The third kappa shape index (κ3) is 3.35. The first-order valence-corrected chi connectivity index (χ1v) is 7.87. The number of hydrogen-bond acceptors (Lipinski definition) is 3. The summed E-state index contributed by atoms with van der Waals surface area (Å²) in [5, 5.41) is 3.27. The van der Waals surface area contributed by atoms with Gasteiger partial charge in [-0.15, -0.1) is 0 Å². The van der Waals surface area contributed by atoms with Gasteiger partial charge in [-0.1, -0.05) is 48.5 Å². The van der Waals surface area contributed by atoms with E-state index in [1.54, 1.807) is 47.0 Å². The molecule has 2 N–H and O–H groups in total. The van der Waals surface area contributed by atoms with Crippen LogP contribution in [0.15, 0.2) is 60.7 Å². The number of alkyl halides is 3. The smallest absolute Gasteiger partial charge is 0.314 e. The van der Waals surface area contributed by atoms with Crippen LogP contribution >= 0.6 is 0 Å². The number of benzene rings is 2. The molecule has 1 aliphatic heterocycles. The number of imide groups is 1. The fourth-order valence-corrected chi connectivity index (χ4v) is 2.67. The van der Waals surface area contributed by atoms with Gasteiger partial charge in [-0.2, -0.15) is 13.2 Å². The van der Waals surface area contributed by atoms with Crippen LogP contribution in [0.5, 0.6) is 0 Å². The van der Waals surface area contributed by atoms with Crippen LogP contribution in [0.4, 0.5) is 18.0 Å². The molecule has 1 fully saturated rings. The lowest BCUT2D eigenvalue weighted by Crippen LogP contribution is -2.69.